The van der Waals surface area contributed by atoms with Crippen molar-refractivity contribution in [3.8, 4) is 16.9 Å². The SMILES string of the molecule is C[C@H](F)c1coc(=O)n1-c1ccnc(N[C@@H](C)c2cc(F)c(-c3ccnc(C(F)(F)F)c3)cc2F)n1. The number of benzene rings is 1. The number of aromatic nitrogens is 4. The molecule has 0 fully saturated rings. The molecule has 1 aromatic carbocycles. The Morgan fingerprint density at radius 1 is 1.03 bits per heavy atom. The molecule has 0 amide bonds. The third-order valence-corrected chi connectivity index (χ3v) is 5.26. The summed E-state index contributed by atoms with van der Waals surface area (Å²) in [6.07, 6.45) is -3.19. The largest absolute Gasteiger partial charge is 0.433 e. The van der Waals surface area contributed by atoms with E-state index in [0.717, 1.165) is 35.2 Å². The Morgan fingerprint density at radius 3 is 2.44 bits per heavy atom. The number of nitrogens with zero attached hydrogens (tertiary/aromatic N) is 4. The number of hydrogen-bond acceptors (Lipinski definition) is 6. The molecule has 188 valence electrons. The van der Waals surface area contributed by atoms with Crippen LogP contribution in [0.25, 0.3) is 16.9 Å². The average molecular weight is 509 g/mol. The Kier molecular flexibility index (Phi) is 6.57. The third kappa shape index (κ3) is 4.95. The Bertz CT molecular complexity index is 1460. The zero-order chi connectivity index (χ0) is 26.2. The van der Waals surface area contributed by atoms with E-state index in [-0.39, 0.29) is 34.2 Å². The number of rotatable bonds is 6. The predicted molar refractivity (Wildman–Crippen MR) is 116 cm³/mol. The molecule has 13 heteroatoms. The molecule has 0 spiro atoms. The standard InChI is InChI=1S/C23H17F6N5O2/c1-11(24)18-10-36-22(35)34(18)20-4-6-31-21(33-20)32-12(2)14-8-17(26)15(9-16(14)25)13-3-5-30-19(7-13)23(27,28)29/h3-12H,1-2H3,(H,31,32,33)/t11-,12-/m0/s1. The molecule has 3 aromatic heterocycles. The normalized spacial score (nSPS) is 13.4. The highest BCUT2D eigenvalue weighted by atomic mass is 19.4. The van der Waals surface area contributed by atoms with Crippen molar-refractivity contribution in [1.82, 2.24) is 19.5 Å². The van der Waals surface area contributed by atoms with Gasteiger partial charge in [0.1, 0.15) is 41.3 Å². The van der Waals surface area contributed by atoms with Crippen LogP contribution < -0.4 is 11.1 Å². The number of halogens is 6. The molecule has 7 nitrogen and oxygen atoms in total. The first kappa shape index (κ1) is 24.9. The Hall–Kier alpha value is -4.16. The zero-order valence-electron chi connectivity index (χ0n) is 18.6. The quantitative estimate of drug-likeness (QED) is 0.332. The smallest absolute Gasteiger partial charge is 0.416 e. The van der Waals surface area contributed by atoms with E-state index in [1.54, 1.807) is 0 Å². The van der Waals surface area contributed by atoms with Crippen molar-refractivity contribution in [3.05, 3.63) is 88.1 Å². The maximum atomic E-state index is 14.9. The molecule has 0 aliphatic rings. The van der Waals surface area contributed by atoms with Gasteiger partial charge in [-0.25, -0.2) is 27.5 Å². The van der Waals surface area contributed by atoms with E-state index in [1.165, 1.54) is 26.1 Å². The van der Waals surface area contributed by atoms with Crippen molar-refractivity contribution in [2.75, 3.05) is 5.32 Å². The van der Waals surface area contributed by atoms with Crippen LogP contribution in [0.1, 0.15) is 43.0 Å². The van der Waals surface area contributed by atoms with Crippen molar-refractivity contribution < 1.29 is 30.8 Å². The molecule has 0 radical (unpaired) electrons. The van der Waals surface area contributed by atoms with E-state index in [1.807, 2.05) is 0 Å². The summed E-state index contributed by atoms with van der Waals surface area (Å²) in [5.74, 6) is -2.83. The van der Waals surface area contributed by atoms with Crippen molar-refractivity contribution in [3.63, 3.8) is 0 Å². The molecule has 0 saturated carbocycles. The van der Waals surface area contributed by atoms with Gasteiger partial charge in [0.05, 0.1) is 6.04 Å². The summed E-state index contributed by atoms with van der Waals surface area (Å²) < 4.78 is 88.1. The van der Waals surface area contributed by atoms with E-state index in [4.69, 9.17) is 4.42 Å². The van der Waals surface area contributed by atoms with E-state index in [9.17, 15) is 31.1 Å². The number of oxazole rings is 1. The lowest BCUT2D eigenvalue weighted by molar-refractivity contribution is -0.141. The minimum absolute atomic E-state index is 0.0156. The number of alkyl halides is 4. The molecule has 0 aliphatic heterocycles. The number of anilines is 1. The Morgan fingerprint density at radius 2 is 1.75 bits per heavy atom. The van der Waals surface area contributed by atoms with Crippen LogP contribution in [0.2, 0.25) is 0 Å². The van der Waals surface area contributed by atoms with Gasteiger partial charge < -0.3 is 9.73 Å². The van der Waals surface area contributed by atoms with Crippen molar-refractivity contribution in [2.45, 2.75) is 32.2 Å². The maximum absolute atomic E-state index is 14.9. The lowest BCUT2D eigenvalue weighted by atomic mass is 10.00. The predicted octanol–water partition coefficient (Wildman–Crippen LogP) is 5.78. The molecule has 4 rings (SSSR count). The molecule has 4 aromatic rings. The summed E-state index contributed by atoms with van der Waals surface area (Å²) in [6.45, 7) is 2.68. The van der Waals surface area contributed by atoms with Crippen LogP contribution in [0.3, 0.4) is 0 Å². The molecular weight excluding hydrogens is 492 g/mol. The third-order valence-electron chi connectivity index (χ3n) is 5.26. The monoisotopic (exact) mass is 509 g/mol. The molecule has 0 bridgehead atoms. The van der Waals surface area contributed by atoms with Crippen LogP contribution in [0, 0.1) is 11.6 Å². The molecule has 0 saturated heterocycles. The second kappa shape index (κ2) is 9.47. The molecule has 3 heterocycles. The fraction of sp³-hybridized carbons (Fsp3) is 0.217. The van der Waals surface area contributed by atoms with Gasteiger partial charge in [0, 0.05) is 29.6 Å². The van der Waals surface area contributed by atoms with Gasteiger partial charge in [-0.1, -0.05) is 0 Å². The van der Waals surface area contributed by atoms with Crippen molar-refractivity contribution >= 4 is 5.95 Å². The van der Waals surface area contributed by atoms with Crippen molar-refractivity contribution in [1.29, 1.82) is 0 Å². The zero-order valence-corrected chi connectivity index (χ0v) is 18.6. The number of hydrogen-bond donors (Lipinski definition) is 1. The van der Waals surface area contributed by atoms with Gasteiger partial charge in [-0.05, 0) is 43.7 Å². The highest BCUT2D eigenvalue weighted by Crippen LogP contribution is 2.33. The first-order chi connectivity index (χ1) is 17.0. The van der Waals surface area contributed by atoms with E-state index in [0.29, 0.717) is 6.07 Å². The average Bonchev–Trinajstić information content (AvgIpc) is 3.21. The first-order valence-electron chi connectivity index (χ1n) is 10.4. The van der Waals surface area contributed by atoms with Gasteiger partial charge in [-0.3, -0.25) is 4.98 Å². The van der Waals surface area contributed by atoms with Gasteiger partial charge in [0.2, 0.25) is 5.95 Å². The van der Waals surface area contributed by atoms with E-state index < -0.39 is 41.5 Å². The summed E-state index contributed by atoms with van der Waals surface area (Å²) in [7, 11) is 0. The molecule has 2 atom stereocenters. The Labute approximate surface area is 199 Å². The summed E-state index contributed by atoms with van der Waals surface area (Å²) in [6, 6.07) is 3.82. The fourth-order valence-electron chi connectivity index (χ4n) is 3.50. The van der Waals surface area contributed by atoms with Crippen LogP contribution in [-0.2, 0) is 6.18 Å². The van der Waals surface area contributed by atoms with Crippen LogP contribution in [-0.4, -0.2) is 19.5 Å². The minimum atomic E-state index is -4.75. The molecular formula is C23H17F6N5O2. The summed E-state index contributed by atoms with van der Waals surface area (Å²) in [5.41, 5.74) is -2.04. The number of pyridine rings is 1. The topological polar surface area (TPSA) is 85.8 Å². The molecule has 36 heavy (non-hydrogen) atoms. The fourth-order valence-corrected chi connectivity index (χ4v) is 3.50. The summed E-state index contributed by atoms with van der Waals surface area (Å²) in [4.78, 5) is 23.3. The van der Waals surface area contributed by atoms with Gasteiger partial charge in [-0.2, -0.15) is 18.2 Å². The van der Waals surface area contributed by atoms with Gasteiger partial charge in [0.15, 0.2) is 0 Å². The van der Waals surface area contributed by atoms with Gasteiger partial charge >= 0.3 is 11.9 Å². The minimum Gasteiger partial charge on any atom is -0.416 e. The van der Waals surface area contributed by atoms with E-state index in [2.05, 4.69) is 20.3 Å². The lowest BCUT2D eigenvalue weighted by Crippen LogP contribution is -2.18. The first-order valence-corrected chi connectivity index (χ1v) is 10.4. The molecule has 0 aliphatic carbocycles. The second-order valence-corrected chi connectivity index (χ2v) is 7.76. The van der Waals surface area contributed by atoms with Crippen LogP contribution >= 0.6 is 0 Å². The van der Waals surface area contributed by atoms with Gasteiger partial charge in [0.25, 0.3) is 0 Å². The Balaban J connectivity index is 1.62. The summed E-state index contributed by atoms with van der Waals surface area (Å²) >= 11 is 0. The van der Waals surface area contributed by atoms with E-state index >= 15 is 0 Å². The van der Waals surface area contributed by atoms with Crippen LogP contribution in [0.15, 0.2) is 58.2 Å². The van der Waals surface area contributed by atoms with Crippen LogP contribution in [0.5, 0.6) is 0 Å². The lowest BCUT2D eigenvalue weighted by Gasteiger charge is -2.17. The van der Waals surface area contributed by atoms with Gasteiger partial charge in [-0.15, -0.1) is 0 Å². The number of nitrogens with one attached hydrogen (secondary N) is 1. The van der Waals surface area contributed by atoms with Crippen molar-refractivity contribution in [2.24, 2.45) is 0 Å². The molecule has 1 N–H and O–H groups in total. The highest BCUT2D eigenvalue weighted by Gasteiger charge is 2.32. The molecule has 0 unspecified atom stereocenters. The summed E-state index contributed by atoms with van der Waals surface area (Å²) in [5, 5.41) is 2.76. The van der Waals surface area contributed by atoms with Crippen LogP contribution in [0.4, 0.5) is 32.3 Å². The maximum Gasteiger partial charge on any atom is 0.433 e. The highest BCUT2D eigenvalue weighted by molar-refractivity contribution is 5.65. The second-order valence-electron chi connectivity index (χ2n) is 7.76.